The predicted molar refractivity (Wildman–Crippen MR) is 98.7 cm³/mol. The number of rotatable bonds is 2. The Morgan fingerprint density at radius 3 is 2.92 bits per heavy atom. The second kappa shape index (κ2) is 5.49. The average molecular weight is 314 g/mol. The van der Waals surface area contributed by atoms with E-state index in [-0.39, 0.29) is 0 Å². The van der Waals surface area contributed by atoms with E-state index in [2.05, 4.69) is 45.8 Å². The number of hydrogen-bond acceptors (Lipinski definition) is 3. The van der Waals surface area contributed by atoms with Crippen molar-refractivity contribution in [3.8, 4) is 11.3 Å². The average Bonchev–Trinajstić information content (AvgIpc) is 3.08. The number of amidine groups is 1. The fourth-order valence-electron chi connectivity index (χ4n) is 3.01. The molecule has 1 aliphatic rings. The number of nitrogens with zero attached hydrogens (tertiary/aromatic N) is 3. The Hall–Kier alpha value is -3.14. The van der Waals surface area contributed by atoms with E-state index in [0.29, 0.717) is 0 Å². The van der Waals surface area contributed by atoms with E-state index in [4.69, 9.17) is 0 Å². The van der Waals surface area contributed by atoms with Crippen LogP contribution in [0.3, 0.4) is 0 Å². The van der Waals surface area contributed by atoms with Gasteiger partial charge in [-0.1, -0.05) is 18.7 Å². The normalized spacial score (nSPS) is 14.8. The summed E-state index contributed by atoms with van der Waals surface area (Å²) in [6, 6.07) is 12.4. The molecule has 0 bridgehead atoms. The summed E-state index contributed by atoms with van der Waals surface area (Å²) in [6.07, 6.45) is 5.65. The standard InChI is InChI=1S/C20H18N4/c1-13-12-23-20(24(3)14(13)2)15-7-9-22-19(11-15)16-5-4-6-18-17(16)8-10-21-18/h4-12,21H,2H2,1,3H3. The van der Waals surface area contributed by atoms with Gasteiger partial charge in [-0.25, -0.2) is 4.99 Å². The number of aromatic amines is 1. The number of aliphatic imine (C=N–C) groups is 1. The summed E-state index contributed by atoms with van der Waals surface area (Å²) in [5.74, 6) is 0.885. The van der Waals surface area contributed by atoms with Crippen molar-refractivity contribution < 1.29 is 0 Å². The number of likely N-dealkylation sites (N-methyl/N-ethyl adjacent to an activating group) is 1. The van der Waals surface area contributed by atoms with E-state index in [9.17, 15) is 0 Å². The van der Waals surface area contributed by atoms with Gasteiger partial charge in [0, 0.05) is 53.4 Å². The van der Waals surface area contributed by atoms with Crippen molar-refractivity contribution in [2.24, 2.45) is 4.99 Å². The molecule has 4 nitrogen and oxygen atoms in total. The number of pyridine rings is 1. The first-order chi connectivity index (χ1) is 11.6. The minimum atomic E-state index is 0.885. The van der Waals surface area contributed by atoms with E-state index in [1.165, 1.54) is 5.39 Å². The molecule has 1 N–H and O–H groups in total. The Morgan fingerprint density at radius 2 is 2.04 bits per heavy atom. The molecule has 3 heterocycles. The van der Waals surface area contributed by atoms with Crippen LogP contribution in [-0.4, -0.2) is 27.8 Å². The second-order valence-electron chi connectivity index (χ2n) is 5.94. The highest BCUT2D eigenvalue weighted by atomic mass is 15.2. The van der Waals surface area contributed by atoms with Crippen LogP contribution in [0.1, 0.15) is 12.5 Å². The van der Waals surface area contributed by atoms with Gasteiger partial charge in [0.2, 0.25) is 0 Å². The van der Waals surface area contributed by atoms with Crippen molar-refractivity contribution in [2.45, 2.75) is 6.92 Å². The molecule has 1 aliphatic heterocycles. The van der Waals surface area contributed by atoms with Crippen LogP contribution in [0.4, 0.5) is 0 Å². The van der Waals surface area contributed by atoms with Crippen LogP contribution < -0.4 is 0 Å². The summed E-state index contributed by atoms with van der Waals surface area (Å²) in [4.78, 5) is 14.4. The number of hydrogen-bond donors (Lipinski definition) is 1. The van der Waals surface area contributed by atoms with Crippen molar-refractivity contribution in [1.29, 1.82) is 0 Å². The molecule has 4 heteroatoms. The number of allylic oxidation sites excluding steroid dienone is 1. The third kappa shape index (κ3) is 2.24. The van der Waals surface area contributed by atoms with Crippen LogP contribution in [0, 0.1) is 0 Å². The van der Waals surface area contributed by atoms with Gasteiger partial charge in [0.05, 0.1) is 5.69 Å². The monoisotopic (exact) mass is 314 g/mol. The van der Waals surface area contributed by atoms with Crippen molar-refractivity contribution >= 4 is 16.7 Å². The van der Waals surface area contributed by atoms with E-state index >= 15 is 0 Å². The maximum atomic E-state index is 4.59. The van der Waals surface area contributed by atoms with Crippen LogP contribution in [0.25, 0.3) is 22.2 Å². The first kappa shape index (κ1) is 14.5. The molecule has 0 saturated carbocycles. The van der Waals surface area contributed by atoms with Gasteiger partial charge in [-0.3, -0.25) is 4.98 Å². The Bertz CT molecular complexity index is 1010. The zero-order chi connectivity index (χ0) is 16.7. The highest BCUT2D eigenvalue weighted by molar-refractivity contribution is 6.02. The van der Waals surface area contributed by atoms with Gasteiger partial charge in [0.25, 0.3) is 0 Å². The molecule has 0 aliphatic carbocycles. The third-order valence-corrected chi connectivity index (χ3v) is 4.45. The molecule has 0 atom stereocenters. The Morgan fingerprint density at radius 1 is 1.17 bits per heavy atom. The van der Waals surface area contributed by atoms with Crippen LogP contribution in [0.5, 0.6) is 0 Å². The maximum absolute atomic E-state index is 4.59. The summed E-state index contributed by atoms with van der Waals surface area (Å²) in [7, 11) is 1.99. The molecular formula is C20H18N4. The van der Waals surface area contributed by atoms with Gasteiger partial charge in [-0.2, -0.15) is 0 Å². The smallest absolute Gasteiger partial charge is 0.140 e. The topological polar surface area (TPSA) is 44.3 Å². The fourth-order valence-corrected chi connectivity index (χ4v) is 3.01. The Kier molecular flexibility index (Phi) is 3.31. The molecule has 4 rings (SSSR count). The molecule has 0 saturated heterocycles. The van der Waals surface area contributed by atoms with Crippen LogP contribution in [0.2, 0.25) is 0 Å². The quantitative estimate of drug-likeness (QED) is 0.764. The van der Waals surface area contributed by atoms with Crippen LogP contribution in [0.15, 0.2) is 77.8 Å². The van der Waals surface area contributed by atoms with Crippen molar-refractivity contribution in [3.63, 3.8) is 0 Å². The number of nitrogens with one attached hydrogen (secondary N) is 1. The molecule has 0 radical (unpaired) electrons. The summed E-state index contributed by atoms with van der Waals surface area (Å²) in [6.45, 7) is 6.14. The SMILES string of the molecule is C=C1C(C)=CN=C(c2ccnc(-c3cccc4[nH]ccc34)c2)N1C. The Labute approximate surface area is 140 Å². The van der Waals surface area contributed by atoms with Crippen molar-refractivity contribution in [2.75, 3.05) is 7.05 Å². The Balaban J connectivity index is 1.83. The molecule has 0 fully saturated rings. The van der Waals surface area contributed by atoms with Gasteiger partial charge in [0.1, 0.15) is 5.84 Å². The highest BCUT2D eigenvalue weighted by Gasteiger charge is 2.18. The largest absolute Gasteiger partial charge is 0.361 e. The van der Waals surface area contributed by atoms with Gasteiger partial charge in [0.15, 0.2) is 0 Å². The molecule has 0 spiro atoms. The lowest BCUT2D eigenvalue weighted by molar-refractivity contribution is 0.630. The first-order valence-electron chi connectivity index (χ1n) is 7.85. The fraction of sp³-hybridized carbons (Fsp3) is 0.100. The molecule has 0 unspecified atom stereocenters. The van der Waals surface area contributed by atoms with Gasteiger partial charge in [-0.15, -0.1) is 0 Å². The summed E-state index contributed by atoms with van der Waals surface area (Å²) >= 11 is 0. The zero-order valence-electron chi connectivity index (χ0n) is 13.7. The molecule has 0 amide bonds. The lowest BCUT2D eigenvalue weighted by Crippen LogP contribution is -2.29. The minimum absolute atomic E-state index is 0.885. The number of aromatic nitrogens is 2. The van der Waals surface area contributed by atoms with E-state index < -0.39 is 0 Å². The van der Waals surface area contributed by atoms with Crippen LogP contribution >= 0.6 is 0 Å². The lowest BCUT2D eigenvalue weighted by atomic mass is 10.0. The van der Waals surface area contributed by atoms with Crippen molar-refractivity contribution in [1.82, 2.24) is 14.9 Å². The minimum Gasteiger partial charge on any atom is -0.361 e. The lowest BCUT2D eigenvalue weighted by Gasteiger charge is -2.27. The molecule has 118 valence electrons. The second-order valence-corrected chi connectivity index (χ2v) is 5.94. The highest BCUT2D eigenvalue weighted by Crippen LogP contribution is 2.28. The van der Waals surface area contributed by atoms with Crippen LogP contribution in [-0.2, 0) is 0 Å². The van der Waals surface area contributed by atoms with E-state index in [0.717, 1.165) is 39.4 Å². The molecule has 2 aromatic heterocycles. The number of benzene rings is 1. The van der Waals surface area contributed by atoms with Crippen molar-refractivity contribution in [3.05, 3.63) is 78.4 Å². The maximum Gasteiger partial charge on any atom is 0.140 e. The first-order valence-corrected chi connectivity index (χ1v) is 7.85. The summed E-state index contributed by atoms with van der Waals surface area (Å²) < 4.78 is 0. The summed E-state index contributed by atoms with van der Waals surface area (Å²) in [5.41, 5.74) is 6.23. The van der Waals surface area contributed by atoms with Gasteiger partial charge >= 0.3 is 0 Å². The van der Waals surface area contributed by atoms with E-state index in [1.54, 1.807) is 0 Å². The summed E-state index contributed by atoms with van der Waals surface area (Å²) in [5, 5.41) is 1.17. The number of H-pyrrole nitrogens is 1. The van der Waals surface area contributed by atoms with Gasteiger partial charge in [-0.05, 0) is 36.8 Å². The third-order valence-electron chi connectivity index (χ3n) is 4.45. The number of fused-ring (bicyclic) bond motifs is 1. The zero-order valence-corrected chi connectivity index (χ0v) is 13.7. The molecular weight excluding hydrogens is 296 g/mol. The molecule has 24 heavy (non-hydrogen) atoms. The van der Waals surface area contributed by atoms with Gasteiger partial charge < -0.3 is 9.88 Å². The molecule has 3 aromatic rings. The predicted octanol–water partition coefficient (Wildman–Crippen LogP) is 4.34. The van der Waals surface area contributed by atoms with E-state index in [1.807, 2.05) is 49.6 Å². The molecule has 1 aromatic carbocycles.